The van der Waals surface area contributed by atoms with E-state index in [1.807, 2.05) is 6.07 Å². The van der Waals surface area contributed by atoms with Crippen LogP contribution in [0.1, 0.15) is 31.9 Å². The third-order valence-corrected chi connectivity index (χ3v) is 4.32. The van der Waals surface area contributed by atoms with Gasteiger partial charge in [0.1, 0.15) is 5.82 Å². The third kappa shape index (κ3) is 3.47. The number of rotatable bonds is 4. The van der Waals surface area contributed by atoms with E-state index in [2.05, 4.69) is 24.1 Å². The van der Waals surface area contributed by atoms with Gasteiger partial charge >= 0.3 is 0 Å². The van der Waals surface area contributed by atoms with E-state index in [1.54, 1.807) is 12.1 Å². The first-order valence-corrected chi connectivity index (χ1v) is 7.41. The van der Waals surface area contributed by atoms with Crippen molar-refractivity contribution in [3.05, 3.63) is 34.6 Å². The smallest absolute Gasteiger partial charge is 0.142 e. The van der Waals surface area contributed by atoms with Crippen molar-refractivity contribution in [3.8, 4) is 0 Å². The maximum atomic E-state index is 13.7. The average molecular weight is 285 g/mol. The summed E-state index contributed by atoms with van der Waals surface area (Å²) in [5, 5.41) is 3.56. The Morgan fingerprint density at radius 1 is 1.37 bits per heavy atom. The summed E-state index contributed by atoms with van der Waals surface area (Å²) in [6.07, 6.45) is 1.08. The topological polar surface area (TPSA) is 15.3 Å². The van der Waals surface area contributed by atoms with Crippen LogP contribution in [0.5, 0.6) is 0 Å². The van der Waals surface area contributed by atoms with Crippen molar-refractivity contribution < 1.29 is 4.39 Å². The van der Waals surface area contributed by atoms with E-state index in [9.17, 15) is 4.39 Å². The molecule has 1 aromatic carbocycles. The molecule has 0 spiro atoms. The Balaban J connectivity index is 2.27. The summed E-state index contributed by atoms with van der Waals surface area (Å²) >= 11 is 5.79. The zero-order valence-electron chi connectivity index (χ0n) is 11.6. The van der Waals surface area contributed by atoms with Gasteiger partial charge in [0.25, 0.3) is 0 Å². The fourth-order valence-corrected chi connectivity index (χ4v) is 2.90. The molecule has 1 heterocycles. The zero-order valence-corrected chi connectivity index (χ0v) is 12.4. The molecule has 1 unspecified atom stereocenters. The predicted molar refractivity (Wildman–Crippen MR) is 78.0 cm³/mol. The van der Waals surface area contributed by atoms with Gasteiger partial charge in [-0.05, 0) is 23.6 Å². The predicted octanol–water partition coefficient (Wildman–Crippen LogP) is 3.47. The van der Waals surface area contributed by atoms with E-state index in [1.165, 1.54) is 0 Å². The van der Waals surface area contributed by atoms with E-state index < -0.39 is 0 Å². The lowest BCUT2D eigenvalue weighted by Crippen LogP contribution is -2.46. The minimum absolute atomic E-state index is 0.201. The number of benzene rings is 1. The average Bonchev–Trinajstić information content (AvgIpc) is 2.44. The Bertz CT molecular complexity index is 419. The summed E-state index contributed by atoms with van der Waals surface area (Å²) in [7, 11) is 0. The molecule has 19 heavy (non-hydrogen) atoms. The van der Waals surface area contributed by atoms with E-state index in [4.69, 9.17) is 11.6 Å². The summed E-state index contributed by atoms with van der Waals surface area (Å²) in [5.41, 5.74) is 1.04. The van der Waals surface area contributed by atoms with E-state index in [-0.39, 0.29) is 16.9 Å². The van der Waals surface area contributed by atoms with Gasteiger partial charge in [-0.3, -0.25) is 4.90 Å². The standard InChI is InChI=1S/C15H22ClFN2/c1-3-11(2)15(19-8-6-18-7-9-19)12-4-5-13(16)14(17)10-12/h4-5,10-11,15,18H,3,6-9H2,1-2H3/t11?,15-/m1/s1. The number of nitrogens with one attached hydrogen (secondary N) is 1. The number of hydrogen-bond donors (Lipinski definition) is 1. The molecule has 1 aliphatic heterocycles. The summed E-state index contributed by atoms with van der Waals surface area (Å²) in [5.74, 6) is 0.182. The Kier molecular flexibility index (Phi) is 5.20. The SMILES string of the molecule is CCC(C)[C@H](c1ccc(Cl)c(F)c1)N1CCNCC1. The molecule has 1 N–H and O–H groups in total. The van der Waals surface area contributed by atoms with Crippen LogP contribution in [0, 0.1) is 11.7 Å². The molecule has 0 bridgehead atoms. The summed E-state index contributed by atoms with van der Waals surface area (Å²) in [6.45, 7) is 8.45. The molecule has 1 aliphatic rings. The van der Waals surface area contributed by atoms with Gasteiger partial charge in [0, 0.05) is 32.2 Å². The normalized spacial score (nSPS) is 20.2. The lowest BCUT2D eigenvalue weighted by atomic mass is 9.90. The van der Waals surface area contributed by atoms with Gasteiger partial charge in [-0.1, -0.05) is 37.9 Å². The highest BCUT2D eigenvalue weighted by atomic mass is 35.5. The zero-order chi connectivity index (χ0) is 13.8. The maximum absolute atomic E-state index is 13.7. The molecular formula is C15H22ClFN2. The highest BCUT2D eigenvalue weighted by Gasteiger charge is 2.26. The van der Waals surface area contributed by atoms with Gasteiger partial charge in [0.05, 0.1) is 5.02 Å². The van der Waals surface area contributed by atoms with Crippen LogP contribution in [0.3, 0.4) is 0 Å². The quantitative estimate of drug-likeness (QED) is 0.911. The van der Waals surface area contributed by atoms with E-state index in [0.29, 0.717) is 5.92 Å². The van der Waals surface area contributed by atoms with Crippen molar-refractivity contribution >= 4 is 11.6 Å². The number of nitrogens with zero attached hydrogens (tertiary/aromatic N) is 1. The molecule has 0 saturated carbocycles. The molecule has 4 heteroatoms. The van der Waals surface area contributed by atoms with Crippen LogP contribution >= 0.6 is 11.6 Å². The summed E-state index contributed by atoms with van der Waals surface area (Å²) in [4.78, 5) is 2.45. The Morgan fingerprint density at radius 2 is 2.05 bits per heavy atom. The summed E-state index contributed by atoms with van der Waals surface area (Å²) < 4.78 is 13.7. The van der Waals surface area contributed by atoms with Crippen LogP contribution in [-0.4, -0.2) is 31.1 Å². The lowest BCUT2D eigenvalue weighted by Gasteiger charge is -2.38. The largest absolute Gasteiger partial charge is 0.314 e. The summed E-state index contributed by atoms with van der Waals surface area (Å²) in [6, 6.07) is 5.51. The third-order valence-electron chi connectivity index (χ3n) is 4.01. The van der Waals surface area contributed by atoms with Gasteiger partial charge in [-0.15, -0.1) is 0 Å². The van der Waals surface area contributed by atoms with Crippen molar-refractivity contribution in [2.45, 2.75) is 26.3 Å². The van der Waals surface area contributed by atoms with Crippen molar-refractivity contribution in [2.75, 3.05) is 26.2 Å². The molecule has 1 fully saturated rings. The minimum Gasteiger partial charge on any atom is -0.314 e. The molecule has 0 aliphatic carbocycles. The van der Waals surface area contributed by atoms with Crippen LogP contribution in [0.25, 0.3) is 0 Å². The first-order chi connectivity index (χ1) is 9.13. The maximum Gasteiger partial charge on any atom is 0.142 e. The van der Waals surface area contributed by atoms with E-state index >= 15 is 0 Å². The minimum atomic E-state index is -0.317. The monoisotopic (exact) mass is 284 g/mol. The molecule has 0 amide bonds. The van der Waals surface area contributed by atoms with Crippen LogP contribution in [0.15, 0.2) is 18.2 Å². The first-order valence-electron chi connectivity index (χ1n) is 7.03. The Labute approximate surface area is 119 Å². The van der Waals surface area contributed by atoms with Crippen molar-refractivity contribution in [1.29, 1.82) is 0 Å². The second-order valence-electron chi connectivity index (χ2n) is 5.29. The van der Waals surface area contributed by atoms with Gasteiger partial charge in [0.2, 0.25) is 0 Å². The van der Waals surface area contributed by atoms with E-state index in [0.717, 1.165) is 38.2 Å². The number of hydrogen-bond acceptors (Lipinski definition) is 2. The second-order valence-corrected chi connectivity index (χ2v) is 5.70. The Hall–Kier alpha value is -0.640. The lowest BCUT2D eigenvalue weighted by molar-refractivity contribution is 0.128. The second kappa shape index (κ2) is 6.69. The molecule has 1 aromatic rings. The van der Waals surface area contributed by atoms with Crippen LogP contribution in [-0.2, 0) is 0 Å². The molecule has 1 saturated heterocycles. The highest BCUT2D eigenvalue weighted by Crippen LogP contribution is 2.32. The van der Waals surface area contributed by atoms with Crippen LogP contribution < -0.4 is 5.32 Å². The molecular weight excluding hydrogens is 263 g/mol. The van der Waals surface area contributed by atoms with Gasteiger partial charge < -0.3 is 5.32 Å². The first kappa shape index (κ1) is 14.8. The van der Waals surface area contributed by atoms with Crippen LogP contribution in [0.4, 0.5) is 4.39 Å². The Morgan fingerprint density at radius 3 is 2.63 bits per heavy atom. The van der Waals surface area contributed by atoms with Gasteiger partial charge in [-0.2, -0.15) is 0 Å². The fraction of sp³-hybridized carbons (Fsp3) is 0.600. The van der Waals surface area contributed by atoms with Crippen molar-refractivity contribution in [3.63, 3.8) is 0 Å². The van der Waals surface area contributed by atoms with Crippen molar-refractivity contribution in [1.82, 2.24) is 10.2 Å². The molecule has 0 radical (unpaired) electrons. The molecule has 106 valence electrons. The fourth-order valence-electron chi connectivity index (χ4n) is 2.78. The molecule has 0 aromatic heterocycles. The molecule has 2 rings (SSSR count). The van der Waals surface area contributed by atoms with Crippen molar-refractivity contribution in [2.24, 2.45) is 5.92 Å². The molecule has 2 nitrogen and oxygen atoms in total. The highest BCUT2D eigenvalue weighted by molar-refractivity contribution is 6.30. The van der Waals surface area contributed by atoms with Crippen LogP contribution in [0.2, 0.25) is 5.02 Å². The van der Waals surface area contributed by atoms with Gasteiger partial charge in [0.15, 0.2) is 0 Å². The van der Waals surface area contributed by atoms with Gasteiger partial charge in [-0.25, -0.2) is 4.39 Å². The number of halogens is 2. The molecule has 2 atom stereocenters. The number of piperazine rings is 1.